The summed E-state index contributed by atoms with van der Waals surface area (Å²) in [4.78, 5) is 1.83. The average Bonchev–Trinajstić information content (AvgIpc) is 3.15. The molecule has 1 aliphatic rings. The first kappa shape index (κ1) is 13.9. The standard InChI is InChI=1S/C14H12F2N6O/c15-10-2-1-8(5-11(10)16)12-6-9(23)7-21(12)14-4-3-13-17-19-20-22(13)18-14/h1-5,9,12,23H,6-7H2/t9-,12+/m1/s1. The molecular formula is C14H12F2N6O. The van der Waals surface area contributed by atoms with Crippen molar-refractivity contribution in [1.82, 2.24) is 25.3 Å². The summed E-state index contributed by atoms with van der Waals surface area (Å²) in [5.41, 5.74) is 1.08. The molecule has 0 saturated carbocycles. The van der Waals surface area contributed by atoms with Crippen molar-refractivity contribution < 1.29 is 13.9 Å². The molecular weight excluding hydrogens is 306 g/mol. The van der Waals surface area contributed by atoms with Crippen LogP contribution in [0.25, 0.3) is 5.65 Å². The van der Waals surface area contributed by atoms with E-state index in [-0.39, 0.29) is 6.04 Å². The van der Waals surface area contributed by atoms with Gasteiger partial charge in [-0.2, -0.15) is 0 Å². The summed E-state index contributed by atoms with van der Waals surface area (Å²) in [5.74, 6) is -1.25. The number of β-amino-alcohol motifs (C(OH)–C–C–N with tert-alkyl or cyclic N) is 1. The van der Waals surface area contributed by atoms with Crippen molar-refractivity contribution in [1.29, 1.82) is 0 Å². The maximum absolute atomic E-state index is 13.5. The second-order valence-corrected chi connectivity index (χ2v) is 5.45. The molecule has 0 radical (unpaired) electrons. The molecule has 1 fully saturated rings. The van der Waals surface area contributed by atoms with Gasteiger partial charge in [-0.15, -0.1) is 14.8 Å². The van der Waals surface area contributed by atoms with Crippen LogP contribution in [0.5, 0.6) is 0 Å². The molecule has 0 bridgehead atoms. The fourth-order valence-corrected chi connectivity index (χ4v) is 2.90. The molecule has 4 rings (SSSR count). The third-order valence-corrected chi connectivity index (χ3v) is 3.96. The van der Waals surface area contributed by atoms with Gasteiger partial charge in [0.25, 0.3) is 0 Å². The maximum atomic E-state index is 13.5. The van der Waals surface area contributed by atoms with Crippen molar-refractivity contribution in [2.75, 3.05) is 11.4 Å². The molecule has 0 amide bonds. The maximum Gasteiger partial charge on any atom is 0.200 e. The Morgan fingerprint density at radius 1 is 1.13 bits per heavy atom. The van der Waals surface area contributed by atoms with Crippen LogP contribution in [0.3, 0.4) is 0 Å². The normalized spacial score (nSPS) is 21.3. The number of fused-ring (bicyclic) bond motifs is 1. The van der Waals surface area contributed by atoms with Gasteiger partial charge in [0.2, 0.25) is 0 Å². The van der Waals surface area contributed by atoms with Gasteiger partial charge in [-0.3, -0.25) is 0 Å². The number of aromatic nitrogens is 5. The molecule has 9 heteroatoms. The quantitative estimate of drug-likeness (QED) is 0.762. The minimum absolute atomic E-state index is 0.304. The Kier molecular flexibility index (Phi) is 3.15. The number of hydrogen-bond acceptors (Lipinski definition) is 6. The van der Waals surface area contributed by atoms with Gasteiger partial charge in [0.1, 0.15) is 0 Å². The Morgan fingerprint density at radius 2 is 2.00 bits per heavy atom. The number of aliphatic hydroxyl groups excluding tert-OH is 1. The number of halogens is 2. The molecule has 3 aromatic rings. The number of hydrogen-bond donors (Lipinski definition) is 1. The van der Waals surface area contributed by atoms with Crippen LogP contribution in [0.15, 0.2) is 30.3 Å². The second-order valence-electron chi connectivity index (χ2n) is 5.45. The Hall–Kier alpha value is -2.68. The van der Waals surface area contributed by atoms with Crippen molar-refractivity contribution in [2.45, 2.75) is 18.6 Å². The van der Waals surface area contributed by atoms with Gasteiger partial charge >= 0.3 is 0 Å². The SMILES string of the molecule is O[C@@H]1C[C@@H](c2ccc(F)c(F)c2)N(c2ccc3nnnn3n2)C1. The summed E-state index contributed by atoms with van der Waals surface area (Å²) in [6.07, 6.45) is -0.181. The zero-order valence-electron chi connectivity index (χ0n) is 11.8. The van der Waals surface area contributed by atoms with Gasteiger partial charge in [0.05, 0.1) is 12.1 Å². The van der Waals surface area contributed by atoms with E-state index in [0.29, 0.717) is 30.0 Å². The van der Waals surface area contributed by atoms with E-state index in [1.54, 1.807) is 12.1 Å². The first-order valence-corrected chi connectivity index (χ1v) is 7.07. The monoisotopic (exact) mass is 318 g/mol. The smallest absolute Gasteiger partial charge is 0.200 e. The highest BCUT2D eigenvalue weighted by Gasteiger charge is 2.33. The fraction of sp³-hybridized carbons (Fsp3) is 0.286. The van der Waals surface area contributed by atoms with Crippen molar-refractivity contribution in [2.24, 2.45) is 0 Å². The number of anilines is 1. The Labute approximate surface area is 129 Å². The third-order valence-electron chi connectivity index (χ3n) is 3.96. The molecule has 2 atom stereocenters. The Bertz CT molecular complexity index is 869. The number of rotatable bonds is 2. The minimum Gasteiger partial charge on any atom is -0.391 e. The summed E-state index contributed by atoms with van der Waals surface area (Å²) in [6.45, 7) is 0.338. The molecule has 2 aromatic heterocycles. The Balaban J connectivity index is 1.74. The van der Waals surface area contributed by atoms with E-state index in [1.165, 1.54) is 10.7 Å². The number of nitrogens with zero attached hydrogens (tertiary/aromatic N) is 6. The lowest BCUT2D eigenvalue weighted by atomic mass is 10.0. The van der Waals surface area contributed by atoms with E-state index in [9.17, 15) is 13.9 Å². The van der Waals surface area contributed by atoms with Crippen LogP contribution in [0.1, 0.15) is 18.0 Å². The highest BCUT2D eigenvalue weighted by molar-refractivity contribution is 5.48. The van der Waals surface area contributed by atoms with E-state index in [2.05, 4.69) is 20.6 Å². The number of tetrazole rings is 1. The largest absolute Gasteiger partial charge is 0.391 e. The molecule has 7 nitrogen and oxygen atoms in total. The molecule has 3 heterocycles. The fourth-order valence-electron chi connectivity index (χ4n) is 2.90. The van der Waals surface area contributed by atoms with E-state index >= 15 is 0 Å². The summed E-state index contributed by atoms with van der Waals surface area (Å²) >= 11 is 0. The van der Waals surface area contributed by atoms with Crippen LogP contribution in [0.2, 0.25) is 0 Å². The van der Waals surface area contributed by atoms with E-state index < -0.39 is 17.7 Å². The van der Waals surface area contributed by atoms with Crippen molar-refractivity contribution in [3.63, 3.8) is 0 Å². The van der Waals surface area contributed by atoms with Gasteiger partial charge in [-0.1, -0.05) is 6.07 Å². The highest BCUT2D eigenvalue weighted by atomic mass is 19.2. The van der Waals surface area contributed by atoms with Crippen LogP contribution in [0.4, 0.5) is 14.6 Å². The molecule has 23 heavy (non-hydrogen) atoms. The lowest BCUT2D eigenvalue weighted by Crippen LogP contribution is -2.26. The predicted molar refractivity (Wildman–Crippen MR) is 75.6 cm³/mol. The lowest BCUT2D eigenvalue weighted by molar-refractivity contribution is 0.194. The Morgan fingerprint density at radius 3 is 2.83 bits per heavy atom. The summed E-state index contributed by atoms with van der Waals surface area (Å²) in [5, 5.41) is 25.3. The lowest BCUT2D eigenvalue weighted by Gasteiger charge is -2.25. The summed E-state index contributed by atoms with van der Waals surface area (Å²) in [7, 11) is 0. The average molecular weight is 318 g/mol. The van der Waals surface area contributed by atoms with Crippen molar-refractivity contribution in [3.8, 4) is 0 Å². The number of aliphatic hydroxyl groups is 1. The first-order valence-electron chi connectivity index (χ1n) is 7.07. The predicted octanol–water partition coefficient (Wildman–Crippen LogP) is 1.11. The molecule has 1 aromatic carbocycles. The van der Waals surface area contributed by atoms with Gasteiger partial charge in [-0.25, -0.2) is 8.78 Å². The molecule has 0 spiro atoms. The van der Waals surface area contributed by atoms with Crippen LogP contribution in [0, 0.1) is 11.6 Å². The highest BCUT2D eigenvalue weighted by Crippen LogP contribution is 2.35. The minimum atomic E-state index is -0.910. The zero-order chi connectivity index (χ0) is 16.0. The zero-order valence-corrected chi connectivity index (χ0v) is 11.8. The topological polar surface area (TPSA) is 79.4 Å². The van der Waals surface area contributed by atoms with Crippen LogP contribution in [-0.4, -0.2) is 43.0 Å². The van der Waals surface area contributed by atoms with Crippen molar-refractivity contribution >= 4 is 11.5 Å². The van der Waals surface area contributed by atoms with Crippen molar-refractivity contribution in [3.05, 3.63) is 47.5 Å². The van der Waals surface area contributed by atoms with Crippen LogP contribution >= 0.6 is 0 Å². The van der Waals surface area contributed by atoms with Crippen LogP contribution < -0.4 is 4.90 Å². The second kappa shape index (κ2) is 5.20. The van der Waals surface area contributed by atoms with Gasteiger partial charge in [-0.05, 0) is 46.7 Å². The van der Waals surface area contributed by atoms with Gasteiger partial charge < -0.3 is 10.0 Å². The van der Waals surface area contributed by atoms with E-state index in [4.69, 9.17) is 0 Å². The van der Waals surface area contributed by atoms with Crippen LogP contribution in [-0.2, 0) is 0 Å². The molecule has 118 valence electrons. The number of benzene rings is 1. The molecule has 1 saturated heterocycles. The molecule has 1 aliphatic heterocycles. The van der Waals surface area contributed by atoms with Gasteiger partial charge in [0, 0.05) is 6.54 Å². The summed E-state index contributed by atoms with van der Waals surface area (Å²) in [6, 6.07) is 6.89. The van der Waals surface area contributed by atoms with E-state index in [1.807, 2.05) is 4.90 Å². The summed E-state index contributed by atoms with van der Waals surface area (Å²) < 4.78 is 27.9. The first-order chi connectivity index (χ1) is 11.1. The molecule has 0 aliphatic carbocycles. The molecule has 1 N–H and O–H groups in total. The third kappa shape index (κ3) is 2.38. The molecule has 0 unspecified atom stereocenters. The van der Waals surface area contributed by atoms with Gasteiger partial charge in [0.15, 0.2) is 23.1 Å². The van der Waals surface area contributed by atoms with E-state index in [0.717, 1.165) is 12.1 Å².